The molecule has 0 bridgehead atoms. The van der Waals surface area contributed by atoms with Gasteiger partial charge < -0.3 is 5.32 Å². The van der Waals surface area contributed by atoms with Crippen molar-refractivity contribution in [3.8, 4) is 0 Å². The zero-order chi connectivity index (χ0) is 22.8. The van der Waals surface area contributed by atoms with Gasteiger partial charge in [0.25, 0.3) is 0 Å². The average Bonchev–Trinajstić information content (AvgIpc) is 3.04. The lowest BCUT2D eigenvalue weighted by Gasteiger charge is -2.31. The number of rotatable bonds is 7. The first-order valence-electron chi connectivity index (χ1n) is 11.0. The maximum Gasteiger partial charge on any atom is 0.243 e. The lowest BCUT2D eigenvalue weighted by atomic mass is 9.97. The predicted molar refractivity (Wildman–Crippen MR) is 121 cm³/mol. The minimum atomic E-state index is -3.53. The largest absolute Gasteiger partial charge is 0.352 e. The molecule has 1 atom stereocenters. The first-order chi connectivity index (χ1) is 14.6. The van der Waals surface area contributed by atoms with Gasteiger partial charge in [0.1, 0.15) is 0 Å². The topological polar surface area (TPSA) is 84.3 Å². The van der Waals surface area contributed by atoms with Crippen molar-refractivity contribution in [2.45, 2.75) is 70.9 Å². The van der Waals surface area contributed by atoms with Gasteiger partial charge in [0, 0.05) is 30.7 Å². The number of nitrogens with one attached hydrogen (secondary N) is 1. The first kappa shape index (κ1) is 23.5. The number of aryl methyl sites for hydroxylation is 2. The van der Waals surface area contributed by atoms with E-state index in [1.54, 1.807) is 12.1 Å². The summed E-state index contributed by atoms with van der Waals surface area (Å²) in [7, 11) is -3.53. The van der Waals surface area contributed by atoms with E-state index in [2.05, 4.69) is 24.3 Å². The van der Waals surface area contributed by atoms with Gasteiger partial charge in [-0.3, -0.25) is 9.48 Å². The van der Waals surface area contributed by atoms with Crippen molar-refractivity contribution in [2.75, 3.05) is 13.1 Å². The van der Waals surface area contributed by atoms with Gasteiger partial charge in [0.05, 0.1) is 17.1 Å². The van der Waals surface area contributed by atoms with E-state index in [0.717, 1.165) is 17.0 Å². The Bertz CT molecular complexity index is 1000. The number of sulfonamides is 1. The van der Waals surface area contributed by atoms with Gasteiger partial charge >= 0.3 is 0 Å². The quantitative estimate of drug-likeness (QED) is 0.708. The molecule has 8 heteroatoms. The third-order valence-corrected chi connectivity index (χ3v) is 7.86. The summed E-state index contributed by atoms with van der Waals surface area (Å²) in [6.45, 7) is 11.4. The molecule has 1 aliphatic heterocycles. The van der Waals surface area contributed by atoms with Crippen LogP contribution in [0.15, 0.2) is 35.2 Å². The number of amides is 1. The Balaban J connectivity index is 1.54. The fourth-order valence-electron chi connectivity index (χ4n) is 4.06. The van der Waals surface area contributed by atoms with Gasteiger partial charge in [-0.1, -0.05) is 26.0 Å². The molecular formula is C23H34N4O3S. The van der Waals surface area contributed by atoms with Crippen LogP contribution in [0.4, 0.5) is 0 Å². The summed E-state index contributed by atoms with van der Waals surface area (Å²) < 4.78 is 29.4. The number of benzene rings is 1. The molecule has 0 radical (unpaired) electrons. The molecule has 0 saturated carbocycles. The van der Waals surface area contributed by atoms with Crippen molar-refractivity contribution < 1.29 is 13.2 Å². The zero-order valence-electron chi connectivity index (χ0n) is 19.1. The second kappa shape index (κ2) is 9.53. The summed E-state index contributed by atoms with van der Waals surface area (Å²) in [6.07, 6.45) is 1.06. The molecule has 1 N–H and O–H groups in total. The van der Waals surface area contributed by atoms with Crippen LogP contribution in [-0.4, -0.2) is 47.5 Å². The second-order valence-electron chi connectivity index (χ2n) is 8.92. The van der Waals surface area contributed by atoms with Crippen LogP contribution >= 0.6 is 0 Å². The fraction of sp³-hybridized carbons (Fsp3) is 0.565. The molecule has 0 unspecified atom stereocenters. The smallest absolute Gasteiger partial charge is 0.243 e. The zero-order valence-corrected chi connectivity index (χ0v) is 19.9. The highest BCUT2D eigenvalue weighted by atomic mass is 32.2. The summed E-state index contributed by atoms with van der Waals surface area (Å²) in [6, 6.07) is 9.09. The summed E-state index contributed by atoms with van der Waals surface area (Å²) >= 11 is 0. The Morgan fingerprint density at radius 1 is 1.13 bits per heavy atom. The molecule has 1 aromatic heterocycles. The van der Waals surface area contributed by atoms with Gasteiger partial charge in [-0.05, 0) is 63.3 Å². The van der Waals surface area contributed by atoms with Gasteiger partial charge in [-0.15, -0.1) is 0 Å². The summed E-state index contributed by atoms with van der Waals surface area (Å²) in [4.78, 5) is 13.0. The Hall–Kier alpha value is -2.19. The van der Waals surface area contributed by atoms with E-state index < -0.39 is 10.0 Å². The molecule has 7 nitrogen and oxygen atoms in total. The standard InChI is InChI=1S/C23H34N4O3S/c1-16(2)20-6-8-22(9-7-20)31(29,30)26-12-10-21(11-13-26)23(28)24-18(4)15-27-19(5)14-17(3)25-27/h6-9,14,16,18,21H,10-13,15H2,1-5H3,(H,24,28)/t18-/m0/s1. The minimum absolute atomic E-state index is 0.00707. The van der Waals surface area contributed by atoms with Crippen LogP contribution in [0.5, 0.6) is 0 Å². The van der Waals surface area contributed by atoms with Gasteiger partial charge in [0.2, 0.25) is 15.9 Å². The predicted octanol–water partition coefficient (Wildman–Crippen LogP) is 3.23. The molecule has 0 spiro atoms. The summed E-state index contributed by atoms with van der Waals surface area (Å²) in [5, 5.41) is 7.51. The molecule has 2 heterocycles. The summed E-state index contributed by atoms with van der Waals surface area (Å²) in [5.74, 6) is 0.180. The molecule has 31 heavy (non-hydrogen) atoms. The van der Waals surface area contributed by atoms with Crippen LogP contribution in [0, 0.1) is 19.8 Å². The van der Waals surface area contributed by atoms with E-state index in [1.165, 1.54) is 4.31 Å². The molecule has 1 fully saturated rings. The van der Waals surface area contributed by atoms with Crippen LogP contribution in [0.1, 0.15) is 56.5 Å². The third kappa shape index (κ3) is 5.54. The number of nitrogens with zero attached hydrogens (tertiary/aromatic N) is 3. The number of carbonyl (C=O) groups excluding carboxylic acids is 1. The highest BCUT2D eigenvalue weighted by Gasteiger charge is 2.32. The molecule has 0 aliphatic carbocycles. The monoisotopic (exact) mass is 446 g/mol. The van der Waals surface area contributed by atoms with Crippen molar-refractivity contribution in [3.05, 3.63) is 47.3 Å². The Morgan fingerprint density at radius 2 is 1.74 bits per heavy atom. The van der Waals surface area contributed by atoms with Gasteiger partial charge in [-0.2, -0.15) is 9.40 Å². The van der Waals surface area contributed by atoms with Crippen LogP contribution in [0.25, 0.3) is 0 Å². The van der Waals surface area contributed by atoms with E-state index in [1.807, 2.05) is 43.7 Å². The number of piperidine rings is 1. The van der Waals surface area contributed by atoms with E-state index in [4.69, 9.17) is 0 Å². The normalized spacial score (nSPS) is 17.1. The molecule has 1 aliphatic rings. The SMILES string of the molecule is Cc1cc(C)n(C[C@H](C)NC(=O)C2CCN(S(=O)(=O)c3ccc(C(C)C)cc3)CC2)n1. The van der Waals surface area contributed by atoms with E-state index in [0.29, 0.717) is 43.3 Å². The van der Waals surface area contributed by atoms with Crippen molar-refractivity contribution in [3.63, 3.8) is 0 Å². The van der Waals surface area contributed by atoms with Crippen molar-refractivity contribution in [1.82, 2.24) is 19.4 Å². The molecule has 2 aromatic rings. The lowest BCUT2D eigenvalue weighted by molar-refractivity contribution is -0.126. The highest BCUT2D eigenvalue weighted by molar-refractivity contribution is 7.89. The lowest BCUT2D eigenvalue weighted by Crippen LogP contribution is -2.45. The third-order valence-electron chi connectivity index (χ3n) is 5.95. The Morgan fingerprint density at radius 3 is 2.26 bits per heavy atom. The molecule has 1 amide bonds. The van der Waals surface area contributed by atoms with Crippen LogP contribution in [-0.2, 0) is 21.4 Å². The number of carbonyl (C=O) groups is 1. The molecule has 170 valence electrons. The molecule has 1 saturated heterocycles. The summed E-state index contributed by atoms with van der Waals surface area (Å²) in [5.41, 5.74) is 3.14. The molecule has 3 rings (SSSR count). The number of hydrogen-bond acceptors (Lipinski definition) is 4. The first-order valence-corrected chi connectivity index (χ1v) is 12.4. The van der Waals surface area contributed by atoms with E-state index in [9.17, 15) is 13.2 Å². The van der Waals surface area contributed by atoms with Crippen molar-refractivity contribution in [1.29, 1.82) is 0 Å². The number of hydrogen-bond donors (Lipinski definition) is 1. The number of aromatic nitrogens is 2. The maximum atomic E-state index is 13.0. The van der Waals surface area contributed by atoms with E-state index >= 15 is 0 Å². The maximum absolute atomic E-state index is 13.0. The molecule has 1 aromatic carbocycles. The highest BCUT2D eigenvalue weighted by Crippen LogP contribution is 2.25. The van der Waals surface area contributed by atoms with Crippen LogP contribution in [0.3, 0.4) is 0 Å². The van der Waals surface area contributed by atoms with Crippen LogP contribution < -0.4 is 5.32 Å². The van der Waals surface area contributed by atoms with Gasteiger partial charge in [0.15, 0.2) is 0 Å². The minimum Gasteiger partial charge on any atom is -0.352 e. The Kier molecular flexibility index (Phi) is 7.21. The Labute approximate surface area is 185 Å². The fourth-order valence-corrected chi connectivity index (χ4v) is 5.53. The second-order valence-corrected chi connectivity index (χ2v) is 10.9. The molecular weight excluding hydrogens is 412 g/mol. The van der Waals surface area contributed by atoms with Crippen LogP contribution in [0.2, 0.25) is 0 Å². The van der Waals surface area contributed by atoms with E-state index in [-0.39, 0.29) is 17.9 Å². The van der Waals surface area contributed by atoms with Crippen molar-refractivity contribution in [2.24, 2.45) is 5.92 Å². The van der Waals surface area contributed by atoms with Crippen molar-refractivity contribution >= 4 is 15.9 Å². The average molecular weight is 447 g/mol. The van der Waals surface area contributed by atoms with Gasteiger partial charge in [-0.25, -0.2) is 8.42 Å².